The first kappa shape index (κ1) is 18.9. The van der Waals surface area contributed by atoms with Gasteiger partial charge in [-0.3, -0.25) is 14.3 Å². The molecule has 2 amide bonds. The molecule has 0 radical (unpaired) electrons. The molecule has 0 spiro atoms. The predicted molar refractivity (Wildman–Crippen MR) is 96.6 cm³/mol. The number of hydrogen-bond acceptors (Lipinski definition) is 4. The largest absolute Gasteiger partial charge is 0.484 e. The number of nitrogens with zero attached hydrogens (tertiary/aromatic N) is 4. The molecule has 7 nitrogen and oxygen atoms in total. The van der Waals surface area contributed by atoms with Crippen molar-refractivity contribution in [1.29, 1.82) is 0 Å². The van der Waals surface area contributed by atoms with Crippen molar-refractivity contribution in [1.82, 2.24) is 19.6 Å². The first-order valence-corrected chi connectivity index (χ1v) is 8.80. The summed E-state index contributed by atoms with van der Waals surface area (Å²) in [6.45, 7) is 0.615. The highest BCUT2D eigenvalue weighted by Crippen LogP contribution is 2.30. The molecule has 2 heterocycles. The average molecular weight is 374 g/mol. The Morgan fingerprint density at radius 1 is 1.30 bits per heavy atom. The Morgan fingerprint density at radius 2 is 2.04 bits per heavy atom. The summed E-state index contributed by atoms with van der Waals surface area (Å²) in [4.78, 5) is 28.8. The van der Waals surface area contributed by atoms with Crippen LogP contribution < -0.4 is 4.74 Å². The summed E-state index contributed by atoms with van der Waals surface area (Å²) in [5.41, 5.74) is -0.920. The van der Waals surface area contributed by atoms with Crippen LogP contribution in [0.25, 0.3) is 0 Å². The van der Waals surface area contributed by atoms with E-state index in [1.165, 1.54) is 29.2 Å². The fourth-order valence-electron chi connectivity index (χ4n) is 3.41. The quantitative estimate of drug-likeness (QED) is 0.796. The second-order valence-electron chi connectivity index (χ2n) is 6.84. The minimum absolute atomic E-state index is 0.0943. The number of benzene rings is 1. The molecule has 144 valence electrons. The van der Waals surface area contributed by atoms with Gasteiger partial charge in [0.2, 0.25) is 0 Å². The number of aromatic nitrogens is 2. The minimum atomic E-state index is -0.920. The van der Waals surface area contributed by atoms with Crippen LogP contribution in [-0.4, -0.2) is 65.2 Å². The Bertz CT molecular complexity index is 792. The summed E-state index contributed by atoms with van der Waals surface area (Å²) < 4.78 is 20.1. The number of hydrogen-bond donors (Lipinski definition) is 0. The van der Waals surface area contributed by atoms with Crippen LogP contribution >= 0.6 is 0 Å². The highest BCUT2D eigenvalue weighted by Gasteiger charge is 2.46. The number of amides is 2. The molecule has 1 unspecified atom stereocenters. The molecule has 8 heteroatoms. The Morgan fingerprint density at radius 3 is 2.67 bits per heavy atom. The number of carbonyl (C=O) groups is 2. The van der Waals surface area contributed by atoms with E-state index in [1.54, 1.807) is 42.1 Å². The van der Waals surface area contributed by atoms with E-state index in [1.807, 2.05) is 0 Å². The fraction of sp³-hybridized carbons (Fsp3) is 0.421. The molecule has 1 aliphatic heterocycles. The Labute approximate surface area is 157 Å². The van der Waals surface area contributed by atoms with Gasteiger partial charge in [0.25, 0.3) is 11.8 Å². The van der Waals surface area contributed by atoms with Gasteiger partial charge < -0.3 is 14.5 Å². The summed E-state index contributed by atoms with van der Waals surface area (Å²) in [5, 5.41) is 4.28. The first-order chi connectivity index (χ1) is 12.9. The summed E-state index contributed by atoms with van der Waals surface area (Å²) >= 11 is 0. The topological polar surface area (TPSA) is 67.7 Å². The van der Waals surface area contributed by atoms with Gasteiger partial charge in [0.15, 0.2) is 12.1 Å². The van der Waals surface area contributed by atoms with Crippen LogP contribution in [-0.2, 0) is 15.1 Å². The Hall–Kier alpha value is -2.90. The van der Waals surface area contributed by atoms with E-state index >= 15 is 0 Å². The van der Waals surface area contributed by atoms with Crippen LogP contribution in [0.2, 0.25) is 0 Å². The minimum Gasteiger partial charge on any atom is -0.484 e. The van der Waals surface area contributed by atoms with Crippen LogP contribution in [0.1, 0.15) is 12.8 Å². The average Bonchev–Trinajstić information content (AvgIpc) is 3.22. The van der Waals surface area contributed by atoms with E-state index in [0.717, 1.165) is 0 Å². The third kappa shape index (κ3) is 3.94. The van der Waals surface area contributed by atoms with Crippen molar-refractivity contribution in [2.75, 3.05) is 33.8 Å². The molecule has 3 rings (SSSR count). The molecule has 0 saturated carbocycles. The van der Waals surface area contributed by atoms with Crippen molar-refractivity contribution in [3.8, 4) is 5.75 Å². The summed E-state index contributed by atoms with van der Waals surface area (Å²) in [5.74, 6) is -0.259. The maximum absolute atomic E-state index is 13.0. The van der Waals surface area contributed by atoms with Crippen LogP contribution in [0.3, 0.4) is 0 Å². The molecule has 1 aromatic heterocycles. The lowest BCUT2D eigenvalue weighted by atomic mass is 9.87. The lowest BCUT2D eigenvalue weighted by molar-refractivity contribution is -0.147. The van der Waals surface area contributed by atoms with Crippen molar-refractivity contribution in [2.45, 2.75) is 18.4 Å². The van der Waals surface area contributed by atoms with E-state index in [0.29, 0.717) is 25.1 Å². The Kier molecular flexibility index (Phi) is 5.43. The van der Waals surface area contributed by atoms with E-state index < -0.39 is 5.54 Å². The molecule has 1 fully saturated rings. The normalized spacial score (nSPS) is 19.6. The molecular formula is C19H23FN4O3. The molecule has 0 aliphatic carbocycles. The van der Waals surface area contributed by atoms with Crippen molar-refractivity contribution in [2.24, 2.45) is 0 Å². The number of rotatable bonds is 5. The Balaban J connectivity index is 1.73. The second kappa shape index (κ2) is 7.77. The van der Waals surface area contributed by atoms with Gasteiger partial charge in [-0.25, -0.2) is 4.39 Å². The number of piperidine rings is 1. The zero-order valence-electron chi connectivity index (χ0n) is 15.5. The van der Waals surface area contributed by atoms with E-state index in [-0.39, 0.29) is 30.8 Å². The summed E-state index contributed by atoms with van der Waals surface area (Å²) in [6.07, 6.45) is 4.67. The van der Waals surface area contributed by atoms with Gasteiger partial charge >= 0.3 is 0 Å². The molecule has 1 saturated heterocycles. The third-order valence-electron chi connectivity index (χ3n) is 4.75. The lowest BCUT2D eigenvalue weighted by Gasteiger charge is -2.42. The molecule has 0 N–H and O–H groups in total. The molecule has 1 aromatic carbocycles. The molecule has 1 atom stereocenters. The number of halogens is 1. The molecule has 0 bridgehead atoms. The highest BCUT2D eigenvalue weighted by molar-refractivity contribution is 5.86. The third-order valence-corrected chi connectivity index (χ3v) is 4.75. The van der Waals surface area contributed by atoms with Gasteiger partial charge in [-0.15, -0.1) is 0 Å². The van der Waals surface area contributed by atoms with Crippen molar-refractivity contribution in [3.63, 3.8) is 0 Å². The molecular weight excluding hydrogens is 351 g/mol. The smallest absolute Gasteiger partial charge is 0.260 e. The SMILES string of the molecule is CN(C)C(=O)C1(n2cccn2)CCCN(C(=O)COc2ccc(F)cc2)C1. The van der Waals surface area contributed by atoms with Crippen molar-refractivity contribution >= 4 is 11.8 Å². The number of likely N-dealkylation sites (tertiary alicyclic amines) is 1. The first-order valence-electron chi connectivity index (χ1n) is 8.80. The second-order valence-corrected chi connectivity index (χ2v) is 6.84. The monoisotopic (exact) mass is 374 g/mol. The van der Waals surface area contributed by atoms with Gasteiger partial charge in [-0.2, -0.15) is 5.10 Å². The van der Waals surface area contributed by atoms with Gasteiger partial charge in [0.1, 0.15) is 11.6 Å². The molecule has 2 aromatic rings. The number of ether oxygens (including phenoxy) is 1. The van der Waals surface area contributed by atoms with Gasteiger partial charge in [-0.05, 0) is 43.2 Å². The standard InChI is InChI=1S/C19H23FN4O3/c1-22(2)18(26)19(24-12-4-10-21-24)9-3-11-23(14-19)17(25)13-27-16-7-5-15(20)6-8-16/h4-8,10,12H,3,9,11,13-14H2,1-2H3. The number of likely N-dealkylation sites (N-methyl/N-ethyl adjacent to an activating group) is 1. The summed E-state index contributed by atoms with van der Waals surface area (Å²) in [7, 11) is 3.40. The fourth-order valence-corrected chi connectivity index (χ4v) is 3.41. The zero-order chi connectivity index (χ0) is 19.4. The maximum Gasteiger partial charge on any atom is 0.260 e. The maximum atomic E-state index is 13.0. The van der Waals surface area contributed by atoms with Crippen LogP contribution in [0.5, 0.6) is 5.75 Å². The highest BCUT2D eigenvalue weighted by atomic mass is 19.1. The van der Waals surface area contributed by atoms with Crippen molar-refractivity contribution in [3.05, 3.63) is 48.5 Å². The van der Waals surface area contributed by atoms with E-state index in [4.69, 9.17) is 4.74 Å². The van der Waals surface area contributed by atoms with Crippen LogP contribution in [0.15, 0.2) is 42.7 Å². The van der Waals surface area contributed by atoms with E-state index in [9.17, 15) is 14.0 Å². The van der Waals surface area contributed by atoms with Gasteiger partial charge in [0, 0.05) is 33.0 Å². The van der Waals surface area contributed by atoms with Crippen LogP contribution in [0, 0.1) is 5.82 Å². The van der Waals surface area contributed by atoms with Crippen LogP contribution in [0.4, 0.5) is 4.39 Å². The van der Waals surface area contributed by atoms with Gasteiger partial charge in [-0.1, -0.05) is 0 Å². The lowest BCUT2D eigenvalue weighted by Crippen LogP contribution is -2.59. The zero-order valence-corrected chi connectivity index (χ0v) is 15.5. The number of carbonyl (C=O) groups excluding carboxylic acids is 2. The van der Waals surface area contributed by atoms with Crippen molar-refractivity contribution < 1.29 is 18.7 Å². The van der Waals surface area contributed by atoms with Gasteiger partial charge in [0.05, 0.1) is 6.54 Å². The molecule has 1 aliphatic rings. The summed E-state index contributed by atoms with van der Waals surface area (Å²) in [6, 6.07) is 7.27. The predicted octanol–water partition coefficient (Wildman–Crippen LogP) is 1.51. The molecule has 27 heavy (non-hydrogen) atoms. The van der Waals surface area contributed by atoms with E-state index in [2.05, 4.69) is 5.10 Å².